The second-order valence-corrected chi connectivity index (χ2v) is 9.15. The molecule has 2 amide bonds. The van der Waals surface area contributed by atoms with Crippen LogP contribution >= 0.6 is 23.4 Å². The van der Waals surface area contributed by atoms with E-state index in [1.807, 2.05) is 18.2 Å². The highest BCUT2D eigenvalue weighted by Gasteiger charge is 2.16. The maximum Gasteiger partial charge on any atom is 0.257 e. The number of rotatable bonds is 6. The number of hydrogen-bond acceptors (Lipinski definition) is 6. The minimum Gasteiger partial charge on any atom is -0.292 e. The van der Waals surface area contributed by atoms with E-state index < -0.39 is 5.91 Å². The van der Waals surface area contributed by atoms with Crippen molar-refractivity contribution in [3.8, 4) is 5.69 Å². The molecule has 7 nitrogen and oxygen atoms in total. The average Bonchev–Trinajstić information content (AvgIpc) is 3.16. The average molecular weight is 444 g/mol. The molecular formula is C21H22ClN5O2S. The van der Waals surface area contributed by atoms with Gasteiger partial charge in [-0.05, 0) is 51.7 Å². The highest BCUT2D eigenvalue weighted by molar-refractivity contribution is 7.99. The monoisotopic (exact) mass is 443 g/mol. The van der Waals surface area contributed by atoms with Gasteiger partial charge in [-0.1, -0.05) is 62.3 Å². The van der Waals surface area contributed by atoms with Crippen LogP contribution in [-0.4, -0.2) is 37.8 Å². The summed E-state index contributed by atoms with van der Waals surface area (Å²) in [5, 5.41) is 15.2. The van der Waals surface area contributed by atoms with Crippen molar-refractivity contribution in [2.75, 3.05) is 5.75 Å². The Morgan fingerprint density at radius 2 is 1.87 bits per heavy atom. The Balaban J connectivity index is 1.52. The number of aromatic nitrogens is 4. The van der Waals surface area contributed by atoms with Gasteiger partial charge in [0.05, 0.1) is 5.69 Å². The summed E-state index contributed by atoms with van der Waals surface area (Å²) in [5.41, 5.74) is 2.31. The van der Waals surface area contributed by atoms with Crippen LogP contribution < -0.4 is 5.32 Å². The first kappa shape index (κ1) is 22.0. The lowest BCUT2D eigenvalue weighted by Crippen LogP contribution is -2.30. The van der Waals surface area contributed by atoms with Crippen molar-refractivity contribution in [1.82, 2.24) is 25.5 Å². The molecule has 0 radical (unpaired) electrons. The van der Waals surface area contributed by atoms with E-state index in [1.54, 1.807) is 35.0 Å². The summed E-state index contributed by atoms with van der Waals surface area (Å²) in [6, 6.07) is 14.4. The molecule has 0 aliphatic heterocycles. The van der Waals surface area contributed by atoms with Crippen LogP contribution in [-0.2, 0) is 10.2 Å². The number of halogens is 1. The van der Waals surface area contributed by atoms with Crippen LogP contribution in [0.25, 0.3) is 5.69 Å². The number of thioether (sulfide) groups is 1. The van der Waals surface area contributed by atoms with Crippen molar-refractivity contribution < 1.29 is 9.59 Å². The minimum absolute atomic E-state index is 0.00252. The first-order valence-corrected chi connectivity index (χ1v) is 10.7. The highest BCUT2D eigenvalue weighted by atomic mass is 35.5. The highest BCUT2D eigenvalue weighted by Crippen LogP contribution is 2.23. The first-order valence-electron chi connectivity index (χ1n) is 9.36. The first-order chi connectivity index (χ1) is 14.2. The summed E-state index contributed by atoms with van der Waals surface area (Å²) in [7, 11) is 0. The Hall–Kier alpha value is -2.71. The predicted molar refractivity (Wildman–Crippen MR) is 117 cm³/mol. The largest absolute Gasteiger partial charge is 0.292 e. The molecule has 0 saturated heterocycles. The van der Waals surface area contributed by atoms with Crippen molar-refractivity contribution in [2.24, 2.45) is 0 Å². The van der Waals surface area contributed by atoms with E-state index in [0.717, 1.165) is 11.3 Å². The third-order valence-corrected chi connectivity index (χ3v) is 5.48. The van der Waals surface area contributed by atoms with Gasteiger partial charge < -0.3 is 0 Å². The maximum absolute atomic E-state index is 12.3. The Morgan fingerprint density at radius 1 is 1.13 bits per heavy atom. The molecule has 0 unspecified atom stereocenters. The number of amides is 2. The van der Waals surface area contributed by atoms with Crippen LogP contribution in [0.5, 0.6) is 0 Å². The number of nitrogens with zero attached hydrogens (tertiary/aromatic N) is 4. The summed E-state index contributed by atoms with van der Waals surface area (Å²) in [5.74, 6) is -0.341. The molecule has 9 heteroatoms. The Kier molecular flexibility index (Phi) is 6.89. The van der Waals surface area contributed by atoms with Crippen molar-refractivity contribution in [1.29, 1.82) is 0 Å². The van der Waals surface area contributed by atoms with E-state index in [0.29, 0.717) is 21.5 Å². The predicted octanol–water partition coefficient (Wildman–Crippen LogP) is 4.05. The van der Waals surface area contributed by atoms with Gasteiger partial charge in [0, 0.05) is 22.8 Å². The lowest BCUT2D eigenvalue weighted by molar-refractivity contribution is -0.119. The zero-order valence-corrected chi connectivity index (χ0v) is 18.5. The molecule has 0 aliphatic rings. The number of nitrogens with one attached hydrogen (secondary N) is 1. The number of imide groups is 1. The van der Waals surface area contributed by atoms with Gasteiger partial charge in [-0.25, -0.2) is 0 Å². The smallest absolute Gasteiger partial charge is 0.257 e. The van der Waals surface area contributed by atoms with Gasteiger partial charge in [0.1, 0.15) is 0 Å². The molecule has 2 aromatic carbocycles. The van der Waals surface area contributed by atoms with Gasteiger partial charge in [-0.3, -0.25) is 14.9 Å². The second-order valence-electron chi connectivity index (χ2n) is 7.66. The number of benzene rings is 2. The number of hydrogen-bond donors (Lipinski definition) is 1. The van der Waals surface area contributed by atoms with Crippen molar-refractivity contribution >= 4 is 35.2 Å². The van der Waals surface area contributed by atoms with Crippen LogP contribution in [0, 0.1) is 0 Å². The Bertz CT molecular complexity index is 1040. The van der Waals surface area contributed by atoms with E-state index >= 15 is 0 Å². The quantitative estimate of drug-likeness (QED) is 0.578. The molecule has 30 heavy (non-hydrogen) atoms. The summed E-state index contributed by atoms with van der Waals surface area (Å²) in [6.45, 7) is 6.31. The molecule has 0 atom stereocenters. The molecule has 0 aliphatic carbocycles. The van der Waals surface area contributed by atoms with Gasteiger partial charge in [-0.15, -0.1) is 5.10 Å². The lowest BCUT2D eigenvalue weighted by Gasteiger charge is -2.19. The zero-order valence-electron chi connectivity index (χ0n) is 16.9. The van der Waals surface area contributed by atoms with Crippen LogP contribution in [0.4, 0.5) is 0 Å². The second kappa shape index (κ2) is 9.40. The fourth-order valence-electron chi connectivity index (χ4n) is 2.66. The topological polar surface area (TPSA) is 89.8 Å². The van der Waals surface area contributed by atoms with E-state index in [4.69, 9.17) is 11.6 Å². The molecule has 0 fully saturated rings. The van der Waals surface area contributed by atoms with Gasteiger partial charge in [0.15, 0.2) is 0 Å². The van der Waals surface area contributed by atoms with Crippen LogP contribution in [0.2, 0.25) is 5.02 Å². The molecule has 1 heterocycles. The number of carbonyl (C=O) groups excluding carboxylic acids is 2. The van der Waals surface area contributed by atoms with Gasteiger partial charge in [-0.2, -0.15) is 4.68 Å². The third-order valence-electron chi connectivity index (χ3n) is 4.32. The van der Waals surface area contributed by atoms with Crippen LogP contribution in [0.1, 0.15) is 43.1 Å². The van der Waals surface area contributed by atoms with Crippen LogP contribution in [0.3, 0.4) is 0 Å². The maximum atomic E-state index is 12.3. The van der Waals surface area contributed by atoms with Crippen molar-refractivity contribution in [3.05, 3.63) is 64.7 Å². The Labute approximate surface area is 184 Å². The summed E-state index contributed by atoms with van der Waals surface area (Å²) >= 11 is 7.34. The third kappa shape index (κ3) is 5.67. The van der Waals surface area contributed by atoms with Gasteiger partial charge in [0.25, 0.3) is 5.91 Å². The van der Waals surface area contributed by atoms with E-state index in [-0.39, 0.29) is 17.7 Å². The molecule has 156 valence electrons. The molecule has 1 N–H and O–H groups in total. The van der Waals surface area contributed by atoms with E-state index in [9.17, 15) is 9.59 Å². The fourth-order valence-corrected chi connectivity index (χ4v) is 3.67. The Morgan fingerprint density at radius 3 is 2.53 bits per heavy atom. The molecular weight excluding hydrogens is 422 g/mol. The summed E-state index contributed by atoms with van der Waals surface area (Å²) in [4.78, 5) is 24.5. The van der Waals surface area contributed by atoms with Gasteiger partial charge in [0.2, 0.25) is 11.1 Å². The molecule has 1 aromatic heterocycles. The zero-order chi connectivity index (χ0) is 21.7. The number of tetrazole rings is 1. The lowest BCUT2D eigenvalue weighted by atomic mass is 9.87. The minimum atomic E-state index is -0.408. The fraction of sp³-hybridized carbons (Fsp3) is 0.286. The van der Waals surface area contributed by atoms with E-state index in [1.165, 1.54) is 11.8 Å². The van der Waals surface area contributed by atoms with Crippen LogP contribution in [0.15, 0.2) is 53.7 Å². The molecule has 3 rings (SSSR count). The molecule has 0 bridgehead atoms. The van der Waals surface area contributed by atoms with Gasteiger partial charge >= 0.3 is 0 Å². The molecule has 3 aromatic rings. The van der Waals surface area contributed by atoms with Crippen molar-refractivity contribution in [3.63, 3.8) is 0 Å². The summed E-state index contributed by atoms with van der Waals surface area (Å²) in [6.07, 6.45) is 0.152. The normalized spacial score (nSPS) is 11.3. The van der Waals surface area contributed by atoms with Crippen molar-refractivity contribution in [2.45, 2.75) is 37.8 Å². The summed E-state index contributed by atoms with van der Waals surface area (Å²) < 4.78 is 1.55. The number of carbonyl (C=O) groups is 2. The van der Waals surface area contributed by atoms with E-state index in [2.05, 4.69) is 41.6 Å². The standard InChI is InChI=1S/C21H22ClN5O2S/c1-21(2,3)15-9-7-14(8-10-15)19(29)23-18(28)11-12-30-20-24-25-26-27(20)17-6-4-5-16(22)13-17/h4-10,13H,11-12H2,1-3H3,(H,23,28,29). The SMILES string of the molecule is CC(C)(C)c1ccc(C(=O)NC(=O)CCSc2nnnn2-c2cccc(Cl)c2)cc1. The molecule has 0 saturated carbocycles. The molecule has 0 spiro atoms.